The van der Waals surface area contributed by atoms with E-state index in [0.717, 1.165) is 0 Å². The fourth-order valence-electron chi connectivity index (χ4n) is 2.28. The Morgan fingerprint density at radius 1 is 1.20 bits per heavy atom. The number of rotatable bonds is 7. The van der Waals surface area contributed by atoms with Crippen molar-refractivity contribution in [3.8, 4) is 0 Å². The van der Waals surface area contributed by atoms with Gasteiger partial charge in [-0.1, -0.05) is 27.7 Å². The van der Waals surface area contributed by atoms with Crippen LogP contribution in [0.5, 0.6) is 0 Å². The normalized spacial score (nSPS) is 12.5. The first kappa shape index (κ1) is 14.4. The maximum absolute atomic E-state index is 11.4. The van der Waals surface area contributed by atoms with Gasteiger partial charge in [0.2, 0.25) is 0 Å². The van der Waals surface area contributed by atoms with Crippen molar-refractivity contribution < 1.29 is 14.6 Å². The van der Waals surface area contributed by atoms with Gasteiger partial charge in [0, 0.05) is 7.11 Å². The molecule has 0 aliphatic heterocycles. The Balaban J connectivity index is 4.80. The summed E-state index contributed by atoms with van der Waals surface area (Å²) >= 11 is 0. The Kier molecular flexibility index (Phi) is 5.88. The Morgan fingerprint density at radius 3 is 1.80 bits per heavy atom. The molecule has 0 fully saturated rings. The van der Waals surface area contributed by atoms with Crippen molar-refractivity contribution >= 4 is 5.97 Å². The van der Waals surface area contributed by atoms with Crippen molar-refractivity contribution in [1.82, 2.24) is 0 Å². The molecule has 0 saturated carbocycles. The summed E-state index contributed by atoms with van der Waals surface area (Å²) in [6.07, 6.45) is 1.35. The quantitative estimate of drug-likeness (QED) is 0.711. The summed E-state index contributed by atoms with van der Waals surface area (Å²) < 4.78 is 5.09. The van der Waals surface area contributed by atoms with Gasteiger partial charge in [0.05, 0.1) is 12.0 Å². The van der Waals surface area contributed by atoms with E-state index in [2.05, 4.69) is 0 Å². The van der Waals surface area contributed by atoms with Crippen molar-refractivity contribution in [1.29, 1.82) is 0 Å². The first-order chi connectivity index (χ1) is 6.84. The lowest BCUT2D eigenvalue weighted by Gasteiger charge is -2.31. The van der Waals surface area contributed by atoms with Gasteiger partial charge in [-0.05, 0) is 24.7 Å². The molecule has 0 rings (SSSR count). The van der Waals surface area contributed by atoms with Gasteiger partial charge >= 0.3 is 5.97 Å². The number of ether oxygens (including phenoxy) is 1. The lowest BCUT2D eigenvalue weighted by Crippen LogP contribution is -2.38. The number of hydrogen-bond donors (Lipinski definition) is 1. The van der Waals surface area contributed by atoms with Crippen LogP contribution in [0.4, 0.5) is 0 Å². The number of carboxylic acid groups (broad SMARTS) is 1. The van der Waals surface area contributed by atoms with Gasteiger partial charge in [-0.2, -0.15) is 0 Å². The van der Waals surface area contributed by atoms with Crippen LogP contribution in [0.1, 0.15) is 40.5 Å². The lowest BCUT2D eigenvalue weighted by molar-refractivity contribution is -0.155. The molecule has 0 amide bonds. The molecule has 0 aliphatic rings. The molecule has 0 bridgehead atoms. The highest BCUT2D eigenvalue weighted by Gasteiger charge is 2.39. The molecule has 0 aromatic carbocycles. The molecule has 0 unspecified atom stereocenters. The minimum Gasteiger partial charge on any atom is -0.481 e. The summed E-state index contributed by atoms with van der Waals surface area (Å²) in [5, 5.41) is 9.37. The van der Waals surface area contributed by atoms with E-state index in [0.29, 0.717) is 31.3 Å². The van der Waals surface area contributed by atoms with Crippen LogP contribution >= 0.6 is 0 Å². The number of aliphatic carboxylic acids is 1. The van der Waals surface area contributed by atoms with E-state index < -0.39 is 11.4 Å². The molecule has 0 aromatic heterocycles. The van der Waals surface area contributed by atoms with E-state index >= 15 is 0 Å². The SMILES string of the molecule is COCC(CC(C)C)(CC(C)C)C(=O)O. The molecule has 0 aliphatic carbocycles. The molecular formula is C12H24O3. The smallest absolute Gasteiger partial charge is 0.312 e. The Bertz CT molecular complexity index is 187. The van der Waals surface area contributed by atoms with Crippen molar-refractivity contribution in [3.05, 3.63) is 0 Å². The van der Waals surface area contributed by atoms with Crippen LogP contribution < -0.4 is 0 Å². The van der Waals surface area contributed by atoms with Crippen LogP contribution in [-0.2, 0) is 9.53 Å². The van der Waals surface area contributed by atoms with Crippen LogP contribution in [0.3, 0.4) is 0 Å². The molecule has 3 heteroatoms. The minimum atomic E-state index is -0.730. The van der Waals surface area contributed by atoms with Crippen molar-refractivity contribution in [2.24, 2.45) is 17.3 Å². The Labute approximate surface area is 92.8 Å². The van der Waals surface area contributed by atoms with Crippen molar-refractivity contribution in [2.45, 2.75) is 40.5 Å². The Hall–Kier alpha value is -0.570. The topological polar surface area (TPSA) is 46.5 Å². The van der Waals surface area contributed by atoms with Gasteiger partial charge in [-0.15, -0.1) is 0 Å². The van der Waals surface area contributed by atoms with Gasteiger partial charge in [-0.25, -0.2) is 0 Å². The first-order valence-corrected chi connectivity index (χ1v) is 5.56. The highest BCUT2D eigenvalue weighted by molar-refractivity contribution is 5.74. The monoisotopic (exact) mass is 216 g/mol. The minimum absolute atomic E-state index is 0.304. The summed E-state index contributed by atoms with van der Waals surface area (Å²) in [5.41, 5.74) is -0.711. The van der Waals surface area contributed by atoms with E-state index in [1.165, 1.54) is 0 Å². The summed E-state index contributed by atoms with van der Waals surface area (Å²) in [4.78, 5) is 11.4. The Morgan fingerprint density at radius 2 is 1.60 bits per heavy atom. The number of carboxylic acids is 1. The van der Waals surface area contributed by atoms with Gasteiger partial charge in [-0.3, -0.25) is 4.79 Å². The second-order valence-electron chi connectivity index (χ2n) is 5.21. The zero-order valence-electron chi connectivity index (χ0n) is 10.5. The number of hydrogen-bond acceptors (Lipinski definition) is 2. The molecular weight excluding hydrogens is 192 g/mol. The molecule has 0 atom stereocenters. The summed E-state index contributed by atoms with van der Waals surface area (Å²) in [7, 11) is 1.57. The fourth-order valence-corrected chi connectivity index (χ4v) is 2.28. The average molecular weight is 216 g/mol. The third-order valence-corrected chi connectivity index (χ3v) is 2.47. The van der Waals surface area contributed by atoms with E-state index in [9.17, 15) is 9.90 Å². The zero-order valence-corrected chi connectivity index (χ0v) is 10.5. The lowest BCUT2D eigenvalue weighted by atomic mass is 9.75. The van der Waals surface area contributed by atoms with E-state index in [1.54, 1.807) is 7.11 Å². The summed E-state index contributed by atoms with van der Waals surface area (Å²) in [6, 6.07) is 0. The summed E-state index contributed by atoms with van der Waals surface area (Å²) in [6.45, 7) is 8.50. The highest BCUT2D eigenvalue weighted by atomic mass is 16.5. The fraction of sp³-hybridized carbons (Fsp3) is 0.917. The van der Waals surface area contributed by atoms with Gasteiger partial charge in [0.1, 0.15) is 0 Å². The van der Waals surface area contributed by atoms with Crippen molar-refractivity contribution in [2.75, 3.05) is 13.7 Å². The molecule has 1 N–H and O–H groups in total. The maximum atomic E-state index is 11.4. The van der Waals surface area contributed by atoms with Crippen LogP contribution in [-0.4, -0.2) is 24.8 Å². The third kappa shape index (κ3) is 4.65. The second kappa shape index (κ2) is 6.11. The predicted molar refractivity (Wildman–Crippen MR) is 60.9 cm³/mol. The zero-order chi connectivity index (χ0) is 12.1. The van der Waals surface area contributed by atoms with Gasteiger partial charge in [0.25, 0.3) is 0 Å². The van der Waals surface area contributed by atoms with E-state index in [1.807, 2.05) is 27.7 Å². The largest absolute Gasteiger partial charge is 0.481 e. The molecule has 0 spiro atoms. The highest BCUT2D eigenvalue weighted by Crippen LogP contribution is 2.34. The number of carbonyl (C=O) groups is 1. The molecule has 0 heterocycles. The molecule has 0 aromatic rings. The molecule has 0 saturated heterocycles. The third-order valence-electron chi connectivity index (χ3n) is 2.47. The molecule has 0 radical (unpaired) electrons. The summed E-state index contributed by atoms with van der Waals surface area (Å²) in [5.74, 6) is 0.0109. The van der Waals surface area contributed by atoms with E-state index in [4.69, 9.17) is 4.74 Å². The average Bonchev–Trinajstić information content (AvgIpc) is 2.01. The van der Waals surface area contributed by atoms with Crippen LogP contribution in [0.2, 0.25) is 0 Å². The van der Waals surface area contributed by atoms with Crippen molar-refractivity contribution in [3.63, 3.8) is 0 Å². The van der Waals surface area contributed by atoms with E-state index in [-0.39, 0.29) is 0 Å². The van der Waals surface area contributed by atoms with Crippen LogP contribution in [0.15, 0.2) is 0 Å². The molecule has 3 nitrogen and oxygen atoms in total. The number of methoxy groups -OCH3 is 1. The van der Waals surface area contributed by atoms with Crippen LogP contribution in [0.25, 0.3) is 0 Å². The molecule has 15 heavy (non-hydrogen) atoms. The first-order valence-electron chi connectivity index (χ1n) is 5.56. The predicted octanol–water partition coefficient (Wildman–Crippen LogP) is 2.80. The second-order valence-corrected chi connectivity index (χ2v) is 5.21. The van der Waals surface area contributed by atoms with Gasteiger partial charge in [0.15, 0.2) is 0 Å². The standard InChI is InChI=1S/C12H24O3/c1-9(2)6-12(8-15-5,11(13)14)7-10(3)4/h9-10H,6-8H2,1-5H3,(H,13,14). The molecule has 90 valence electrons. The van der Waals surface area contributed by atoms with Crippen LogP contribution in [0, 0.1) is 17.3 Å². The maximum Gasteiger partial charge on any atom is 0.312 e. The van der Waals surface area contributed by atoms with Gasteiger partial charge < -0.3 is 9.84 Å².